The Labute approximate surface area is 117 Å². The maximum absolute atomic E-state index is 11.7. The van der Waals surface area contributed by atoms with Gasteiger partial charge in [0.25, 0.3) is 0 Å². The predicted molar refractivity (Wildman–Crippen MR) is 81.3 cm³/mol. The lowest BCUT2D eigenvalue weighted by molar-refractivity contribution is -0.688. The number of aromatic nitrogens is 1. The van der Waals surface area contributed by atoms with Crippen molar-refractivity contribution < 1.29 is 9.36 Å². The van der Waals surface area contributed by atoms with Crippen molar-refractivity contribution in [3.8, 4) is 0 Å². The van der Waals surface area contributed by atoms with Gasteiger partial charge in [-0.25, -0.2) is 4.57 Å². The number of rotatable bonds is 5. The highest BCUT2D eigenvalue weighted by Crippen LogP contribution is 2.07. The third kappa shape index (κ3) is 5.69. The van der Waals surface area contributed by atoms with Crippen LogP contribution in [0.15, 0.2) is 36.7 Å². The molecular formula is C16H27N2O+. The summed E-state index contributed by atoms with van der Waals surface area (Å²) in [6.07, 6.45) is 3.93. The van der Waals surface area contributed by atoms with Gasteiger partial charge in [-0.15, -0.1) is 0 Å². The Hall–Kier alpha value is -1.64. The molecule has 0 amide bonds. The van der Waals surface area contributed by atoms with Gasteiger partial charge in [-0.05, 0) is 0 Å². The molecule has 0 bridgehead atoms. The largest absolute Gasteiger partial charge is 0.377 e. The molecule has 0 atom stereocenters. The van der Waals surface area contributed by atoms with Crippen molar-refractivity contribution in [1.29, 1.82) is 0 Å². The van der Waals surface area contributed by atoms with Crippen LogP contribution in [0.2, 0.25) is 0 Å². The Morgan fingerprint density at radius 2 is 1.74 bits per heavy atom. The Balaban J connectivity index is 0.00000154. The molecule has 0 aliphatic heterocycles. The second kappa shape index (κ2) is 8.46. The molecule has 1 aromatic heterocycles. The number of ketones is 1. The molecule has 0 saturated carbocycles. The van der Waals surface area contributed by atoms with Crippen LogP contribution in [-0.4, -0.2) is 19.9 Å². The van der Waals surface area contributed by atoms with Gasteiger partial charge in [0.1, 0.15) is 0 Å². The molecule has 0 radical (unpaired) electrons. The molecule has 0 saturated heterocycles. The van der Waals surface area contributed by atoms with Crippen LogP contribution < -0.4 is 9.47 Å². The van der Waals surface area contributed by atoms with Gasteiger partial charge in [0.2, 0.25) is 0 Å². The van der Waals surface area contributed by atoms with Crippen LogP contribution in [-0.2, 0) is 11.3 Å². The van der Waals surface area contributed by atoms with Crippen LogP contribution in [0.5, 0.6) is 0 Å². The van der Waals surface area contributed by atoms with Gasteiger partial charge in [-0.1, -0.05) is 34.3 Å². The topological polar surface area (TPSA) is 24.2 Å². The second-order valence-corrected chi connectivity index (χ2v) is 4.75. The Bertz CT molecular complexity index is 405. The molecule has 3 heteroatoms. The molecule has 0 N–H and O–H groups in total. The maximum atomic E-state index is 11.7. The average molecular weight is 263 g/mol. The first-order chi connectivity index (χ1) is 8.91. The fourth-order valence-corrected chi connectivity index (χ4v) is 1.56. The maximum Gasteiger partial charge on any atom is 0.176 e. The minimum absolute atomic E-state index is 0.0177. The van der Waals surface area contributed by atoms with E-state index < -0.39 is 0 Å². The lowest BCUT2D eigenvalue weighted by atomic mass is 10.0. The van der Waals surface area contributed by atoms with E-state index in [1.54, 1.807) is 0 Å². The van der Waals surface area contributed by atoms with Crippen LogP contribution in [0.3, 0.4) is 0 Å². The summed E-state index contributed by atoms with van der Waals surface area (Å²) >= 11 is 0. The summed E-state index contributed by atoms with van der Waals surface area (Å²) in [7, 11) is 4.00. The van der Waals surface area contributed by atoms with Crippen LogP contribution in [0.4, 0.5) is 5.69 Å². The normalized spacial score (nSPS) is 9.63. The van der Waals surface area contributed by atoms with Crippen LogP contribution in [0.25, 0.3) is 0 Å². The number of nitrogens with zero attached hydrogens (tertiary/aromatic N) is 2. The van der Waals surface area contributed by atoms with E-state index in [0.717, 1.165) is 5.69 Å². The summed E-state index contributed by atoms with van der Waals surface area (Å²) in [6.45, 7) is 12.2. The molecule has 0 unspecified atom stereocenters. The van der Waals surface area contributed by atoms with Gasteiger partial charge < -0.3 is 4.90 Å². The zero-order valence-corrected chi connectivity index (χ0v) is 13.1. The molecule has 1 rings (SSSR count). The average Bonchev–Trinajstić information content (AvgIpc) is 2.40. The zero-order valence-electron chi connectivity index (χ0n) is 13.1. The van der Waals surface area contributed by atoms with Crippen molar-refractivity contribution in [2.45, 2.75) is 34.2 Å². The van der Waals surface area contributed by atoms with Crippen molar-refractivity contribution >= 4 is 11.5 Å². The fourth-order valence-electron chi connectivity index (χ4n) is 1.56. The molecule has 3 nitrogen and oxygen atoms in total. The molecule has 0 aliphatic rings. The van der Waals surface area contributed by atoms with E-state index in [0.29, 0.717) is 12.1 Å². The van der Waals surface area contributed by atoms with E-state index in [1.807, 2.05) is 75.8 Å². The molecule has 1 aromatic rings. The molecule has 1 heterocycles. The summed E-state index contributed by atoms with van der Waals surface area (Å²) in [6, 6.07) is 4.04. The minimum atomic E-state index is 0.0177. The molecular weight excluding hydrogens is 236 g/mol. The number of allylic oxidation sites excluding steroid dienone is 1. The molecule has 0 fully saturated rings. The van der Waals surface area contributed by atoms with E-state index in [4.69, 9.17) is 0 Å². The van der Waals surface area contributed by atoms with Gasteiger partial charge in [0.15, 0.2) is 24.7 Å². The highest BCUT2D eigenvalue weighted by atomic mass is 16.1. The smallest absolute Gasteiger partial charge is 0.176 e. The standard InChI is InChI=1S/C14H21N2O.C2H6/c1-11(2)14(17)12(3)10-16-8-6-13(7-9-16)15(4)5;1-2/h6-9,11H,3,10H2,1-2,4-5H3;1-2H3/q+1;. The SMILES string of the molecule is C=C(C[n+]1ccc(N(C)C)cc1)C(=O)C(C)C.CC. The molecule has 106 valence electrons. The lowest BCUT2D eigenvalue weighted by Gasteiger charge is -2.10. The molecule has 0 aliphatic carbocycles. The Kier molecular flexibility index (Phi) is 7.73. The lowest BCUT2D eigenvalue weighted by Crippen LogP contribution is -2.35. The number of carbonyl (C=O) groups is 1. The van der Waals surface area contributed by atoms with E-state index in [9.17, 15) is 4.79 Å². The van der Waals surface area contributed by atoms with E-state index in [-0.39, 0.29) is 11.7 Å². The van der Waals surface area contributed by atoms with Crippen LogP contribution in [0, 0.1) is 5.92 Å². The quantitative estimate of drug-likeness (QED) is 0.602. The number of pyridine rings is 1. The summed E-state index contributed by atoms with van der Waals surface area (Å²) < 4.78 is 1.97. The van der Waals surface area contributed by atoms with Gasteiger partial charge in [0.05, 0.1) is 5.57 Å². The summed E-state index contributed by atoms with van der Waals surface area (Å²) in [5.74, 6) is 0.151. The van der Waals surface area contributed by atoms with Gasteiger partial charge in [0, 0.05) is 37.8 Å². The first-order valence-electron chi connectivity index (χ1n) is 6.80. The van der Waals surface area contributed by atoms with Crippen LogP contribution in [0.1, 0.15) is 27.7 Å². The molecule has 0 spiro atoms. The van der Waals surface area contributed by atoms with Gasteiger partial charge >= 0.3 is 0 Å². The molecule has 19 heavy (non-hydrogen) atoms. The number of anilines is 1. The highest BCUT2D eigenvalue weighted by molar-refractivity contribution is 5.95. The summed E-state index contributed by atoms with van der Waals surface area (Å²) in [5, 5.41) is 0. The van der Waals surface area contributed by atoms with Crippen molar-refractivity contribution in [3.05, 3.63) is 36.7 Å². The minimum Gasteiger partial charge on any atom is -0.377 e. The zero-order chi connectivity index (χ0) is 15.0. The Morgan fingerprint density at radius 3 is 2.11 bits per heavy atom. The molecule has 0 aromatic carbocycles. The monoisotopic (exact) mass is 263 g/mol. The third-order valence-corrected chi connectivity index (χ3v) is 2.64. The van der Waals surface area contributed by atoms with Gasteiger partial charge in [-0.2, -0.15) is 0 Å². The third-order valence-electron chi connectivity index (χ3n) is 2.64. The number of Topliss-reactive ketones (excluding diaryl/α,β-unsaturated/α-hetero) is 1. The summed E-state index contributed by atoms with van der Waals surface area (Å²) in [4.78, 5) is 13.7. The van der Waals surface area contributed by atoms with Crippen LogP contribution >= 0.6 is 0 Å². The first kappa shape index (κ1) is 17.4. The Morgan fingerprint density at radius 1 is 1.26 bits per heavy atom. The highest BCUT2D eigenvalue weighted by Gasteiger charge is 2.15. The second-order valence-electron chi connectivity index (χ2n) is 4.75. The summed E-state index contributed by atoms with van der Waals surface area (Å²) in [5.41, 5.74) is 1.80. The van der Waals surface area contributed by atoms with Crippen molar-refractivity contribution in [2.75, 3.05) is 19.0 Å². The van der Waals surface area contributed by atoms with E-state index in [1.165, 1.54) is 0 Å². The van der Waals surface area contributed by atoms with Crippen molar-refractivity contribution in [2.24, 2.45) is 5.92 Å². The number of carbonyl (C=O) groups excluding carboxylic acids is 1. The fraction of sp³-hybridized carbons (Fsp3) is 0.500. The number of hydrogen-bond donors (Lipinski definition) is 0. The predicted octanol–water partition coefficient (Wildman–Crippen LogP) is 2.85. The first-order valence-corrected chi connectivity index (χ1v) is 6.80. The van der Waals surface area contributed by atoms with Crippen molar-refractivity contribution in [3.63, 3.8) is 0 Å². The number of hydrogen-bond acceptors (Lipinski definition) is 2. The van der Waals surface area contributed by atoms with Crippen molar-refractivity contribution in [1.82, 2.24) is 0 Å². The van der Waals surface area contributed by atoms with E-state index >= 15 is 0 Å². The van der Waals surface area contributed by atoms with Gasteiger partial charge in [-0.3, -0.25) is 4.79 Å². The van der Waals surface area contributed by atoms with E-state index in [2.05, 4.69) is 6.58 Å².